The largest absolute Gasteiger partial charge is 0.477 e. The van der Waals surface area contributed by atoms with Gasteiger partial charge in [0, 0.05) is 22.9 Å². The van der Waals surface area contributed by atoms with Gasteiger partial charge in [0.1, 0.15) is 5.69 Å². The summed E-state index contributed by atoms with van der Waals surface area (Å²) in [6.45, 7) is 0.511. The molecule has 0 aliphatic heterocycles. The molecule has 0 saturated heterocycles. The zero-order chi connectivity index (χ0) is 14.5. The first-order valence-corrected chi connectivity index (χ1v) is 6.51. The summed E-state index contributed by atoms with van der Waals surface area (Å²) in [6.07, 6.45) is 1.52. The second kappa shape index (κ2) is 6.17. The summed E-state index contributed by atoms with van der Waals surface area (Å²) in [5.74, 6) is -1.04. The van der Waals surface area contributed by atoms with Gasteiger partial charge in [-0.25, -0.2) is 9.78 Å². The standard InChI is InChI=1S/C14H10BrN3O2/c15-11-5-9(6-16)1-3-12(11)17-7-10-2-4-13(14(19)20)18-8-10/h1-5,8,17H,7H2,(H,19,20). The third kappa shape index (κ3) is 3.33. The molecule has 0 amide bonds. The molecule has 5 nitrogen and oxygen atoms in total. The maximum Gasteiger partial charge on any atom is 0.354 e. The average Bonchev–Trinajstić information content (AvgIpc) is 2.46. The minimum Gasteiger partial charge on any atom is -0.477 e. The van der Waals surface area contributed by atoms with Gasteiger partial charge in [-0.15, -0.1) is 0 Å². The number of carbonyl (C=O) groups is 1. The first-order chi connectivity index (χ1) is 9.60. The van der Waals surface area contributed by atoms with Gasteiger partial charge in [0.2, 0.25) is 0 Å². The molecule has 2 rings (SSSR count). The Morgan fingerprint density at radius 3 is 2.75 bits per heavy atom. The van der Waals surface area contributed by atoms with E-state index in [9.17, 15) is 4.79 Å². The van der Waals surface area contributed by atoms with Crippen LogP contribution in [-0.2, 0) is 6.54 Å². The summed E-state index contributed by atoms with van der Waals surface area (Å²) in [5, 5.41) is 20.7. The van der Waals surface area contributed by atoms with Gasteiger partial charge in [-0.05, 0) is 45.8 Å². The van der Waals surface area contributed by atoms with Gasteiger partial charge >= 0.3 is 5.97 Å². The maximum absolute atomic E-state index is 10.7. The van der Waals surface area contributed by atoms with Crippen LogP contribution in [0.3, 0.4) is 0 Å². The predicted molar refractivity (Wildman–Crippen MR) is 77.4 cm³/mol. The van der Waals surface area contributed by atoms with Crippen molar-refractivity contribution in [2.75, 3.05) is 5.32 Å². The van der Waals surface area contributed by atoms with Crippen LogP contribution in [0.25, 0.3) is 0 Å². The molecule has 0 aliphatic carbocycles. The molecule has 0 unspecified atom stereocenters. The van der Waals surface area contributed by atoms with Gasteiger partial charge in [0.05, 0.1) is 11.6 Å². The lowest BCUT2D eigenvalue weighted by Gasteiger charge is -2.08. The molecule has 0 radical (unpaired) electrons. The highest BCUT2D eigenvalue weighted by Crippen LogP contribution is 2.23. The lowest BCUT2D eigenvalue weighted by atomic mass is 10.2. The van der Waals surface area contributed by atoms with Crippen LogP contribution in [0.2, 0.25) is 0 Å². The molecular formula is C14H10BrN3O2. The quantitative estimate of drug-likeness (QED) is 0.899. The molecule has 0 bridgehead atoms. The number of rotatable bonds is 4. The molecule has 2 aromatic rings. The first kappa shape index (κ1) is 14.0. The van der Waals surface area contributed by atoms with Crippen molar-refractivity contribution in [2.45, 2.75) is 6.54 Å². The van der Waals surface area contributed by atoms with E-state index in [1.807, 2.05) is 6.07 Å². The van der Waals surface area contributed by atoms with E-state index in [2.05, 4.69) is 32.3 Å². The van der Waals surface area contributed by atoms with E-state index in [0.717, 1.165) is 15.7 Å². The monoisotopic (exact) mass is 331 g/mol. The minimum atomic E-state index is -1.04. The normalized spacial score (nSPS) is 9.80. The van der Waals surface area contributed by atoms with Crippen molar-refractivity contribution in [1.82, 2.24) is 4.98 Å². The number of aromatic nitrogens is 1. The summed E-state index contributed by atoms with van der Waals surface area (Å²) in [7, 11) is 0. The highest BCUT2D eigenvalue weighted by Gasteiger charge is 2.04. The molecule has 100 valence electrons. The molecule has 1 aromatic carbocycles. The van der Waals surface area contributed by atoms with Gasteiger partial charge in [-0.3, -0.25) is 0 Å². The topological polar surface area (TPSA) is 86.0 Å². The number of nitriles is 1. The van der Waals surface area contributed by atoms with E-state index in [1.165, 1.54) is 12.3 Å². The molecule has 0 spiro atoms. The second-order valence-electron chi connectivity index (χ2n) is 4.02. The number of halogens is 1. The maximum atomic E-state index is 10.7. The third-order valence-corrected chi connectivity index (χ3v) is 3.28. The van der Waals surface area contributed by atoms with Crippen LogP contribution in [0, 0.1) is 11.3 Å². The van der Waals surface area contributed by atoms with Crippen LogP contribution in [-0.4, -0.2) is 16.1 Å². The van der Waals surface area contributed by atoms with Crippen molar-refractivity contribution in [3.8, 4) is 6.07 Å². The van der Waals surface area contributed by atoms with Crippen molar-refractivity contribution in [3.63, 3.8) is 0 Å². The number of nitrogens with one attached hydrogen (secondary N) is 1. The Morgan fingerprint density at radius 1 is 1.40 bits per heavy atom. The number of carboxylic acids is 1. The number of nitrogens with zero attached hydrogens (tertiary/aromatic N) is 2. The van der Waals surface area contributed by atoms with E-state index in [1.54, 1.807) is 18.2 Å². The van der Waals surface area contributed by atoms with Crippen LogP contribution in [0.4, 0.5) is 5.69 Å². The number of hydrogen-bond acceptors (Lipinski definition) is 4. The number of pyridine rings is 1. The van der Waals surface area contributed by atoms with Gasteiger partial charge in [-0.1, -0.05) is 6.07 Å². The summed E-state index contributed by atoms with van der Waals surface area (Å²) in [5.41, 5.74) is 2.32. The van der Waals surface area contributed by atoms with Gasteiger partial charge in [-0.2, -0.15) is 5.26 Å². The van der Waals surface area contributed by atoms with Crippen molar-refractivity contribution >= 4 is 27.6 Å². The SMILES string of the molecule is N#Cc1ccc(NCc2ccc(C(=O)O)nc2)c(Br)c1. The van der Waals surface area contributed by atoms with E-state index in [-0.39, 0.29) is 5.69 Å². The van der Waals surface area contributed by atoms with Gasteiger partial charge in [0.15, 0.2) is 0 Å². The van der Waals surface area contributed by atoms with E-state index < -0.39 is 5.97 Å². The second-order valence-corrected chi connectivity index (χ2v) is 4.87. The summed E-state index contributed by atoms with van der Waals surface area (Å²) >= 11 is 3.39. The molecule has 20 heavy (non-hydrogen) atoms. The predicted octanol–water partition coefficient (Wildman–Crippen LogP) is 3.03. The highest BCUT2D eigenvalue weighted by molar-refractivity contribution is 9.10. The smallest absolute Gasteiger partial charge is 0.354 e. The van der Waals surface area contributed by atoms with E-state index in [0.29, 0.717) is 12.1 Å². The van der Waals surface area contributed by atoms with Crippen LogP contribution < -0.4 is 5.32 Å². The number of anilines is 1. The van der Waals surface area contributed by atoms with Crippen LogP contribution in [0.5, 0.6) is 0 Å². The van der Waals surface area contributed by atoms with Crippen molar-refractivity contribution in [2.24, 2.45) is 0 Å². The van der Waals surface area contributed by atoms with Crippen LogP contribution >= 0.6 is 15.9 Å². The fourth-order valence-corrected chi connectivity index (χ4v) is 2.10. The molecule has 6 heteroatoms. The number of hydrogen-bond donors (Lipinski definition) is 2. The summed E-state index contributed by atoms with van der Waals surface area (Å²) in [4.78, 5) is 14.5. The zero-order valence-electron chi connectivity index (χ0n) is 10.3. The Kier molecular flexibility index (Phi) is 4.33. The molecule has 1 aromatic heterocycles. The van der Waals surface area contributed by atoms with Crippen molar-refractivity contribution in [1.29, 1.82) is 5.26 Å². The lowest BCUT2D eigenvalue weighted by Crippen LogP contribution is -2.04. The Morgan fingerprint density at radius 2 is 2.20 bits per heavy atom. The van der Waals surface area contributed by atoms with E-state index >= 15 is 0 Å². The number of benzene rings is 1. The zero-order valence-corrected chi connectivity index (χ0v) is 11.9. The Balaban J connectivity index is 2.05. The van der Waals surface area contributed by atoms with Crippen molar-refractivity contribution < 1.29 is 9.90 Å². The van der Waals surface area contributed by atoms with Gasteiger partial charge < -0.3 is 10.4 Å². The Hall–Kier alpha value is -2.39. The van der Waals surface area contributed by atoms with Crippen LogP contribution in [0.15, 0.2) is 41.0 Å². The molecular weight excluding hydrogens is 322 g/mol. The molecule has 0 aliphatic rings. The number of aromatic carboxylic acids is 1. The van der Waals surface area contributed by atoms with Crippen LogP contribution in [0.1, 0.15) is 21.6 Å². The number of carboxylic acid groups (broad SMARTS) is 1. The fourth-order valence-electron chi connectivity index (χ4n) is 1.58. The molecule has 0 saturated carbocycles. The third-order valence-electron chi connectivity index (χ3n) is 2.63. The molecule has 1 heterocycles. The van der Waals surface area contributed by atoms with E-state index in [4.69, 9.17) is 10.4 Å². The first-order valence-electron chi connectivity index (χ1n) is 5.72. The highest BCUT2D eigenvalue weighted by atomic mass is 79.9. The average molecular weight is 332 g/mol. The lowest BCUT2D eigenvalue weighted by molar-refractivity contribution is 0.0690. The molecule has 2 N–H and O–H groups in total. The van der Waals surface area contributed by atoms with Crippen molar-refractivity contribution in [3.05, 3.63) is 57.8 Å². The van der Waals surface area contributed by atoms with Gasteiger partial charge in [0.25, 0.3) is 0 Å². The summed E-state index contributed by atoms with van der Waals surface area (Å²) in [6, 6.07) is 10.5. The Labute approximate surface area is 124 Å². The molecule has 0 atom stereocenters. The minimum absolute atomic E-state index is 0.0216. The Bertz CT molecular complexity index is 678. The molecule has 0 fully saturated rings. The fraction of sp³-hybridized carbons (Fsp3) is 0.0714. The summed E-state index contributed by atoms with van der Waals surface area (Å²) < 4.78 is 0.798.